The number of pyridine rings is 1. The van der Waals surface area contributed by atoms with Crippen LogP contribution in [0.15, 0.2) is 24.5 Å². The molecule has 3 N–H and O–H groups in total. The molecule has 6 heteroatoms. The Morgan fingerprint density at radius 3 is 2.40 bits per heavy atom. The summed E-state index contributed by atoms with van der Waals surface area (Å²) in [6.45, 7) is 8.27. The topological polar surface area (TPSA) is 68.0 Å². The molecule has 0 bridgehead atoms. The molecular weight excluding hydrogens is 297 g/mol. The molecule has 0 aliphatic rings. The zero-order valence-corrected chi connectivity index (χ0v) is 14.1. The first-order valence-corrected chi connectivity index (χ1v) is 6.29. The standard InChI is InChI=1S/C14H23N3O.2ClH/c1-10(2)12(11-6-5-7-16-8-11)9-17-13(18)14(3,4)15;;/h5-8,10,12H,9,15H2,1-4H3,(H,17,18);2*1H. The van der Waals surface area contributed by atoms with Crippen LogP contribution in [-0.4, -0.2) is 23.0 Å². The van der Waals surface area contributed by atoms with E-state index in [1.54, 1.807) is 20.0 Å². The average Bonchev–Trinajstić information content (AvgIpc) is 2.28. The maximum Gasteiger partial charge on any atom is 0.239 e. The van der Waals surface area contributed by atoms with Crippen LogP contribution in [0.1, 0.15) is 39.2 Å². The summed E-state index contributed by atoms with van der Waals surface area (Å²) in [5.74, 6) is 0.553. The van der Waals surface area contributed by atoms with Gasteiger partial charge in [0.05, 0.1) is 5.54 Å². The van der Waals surface area contributed by atoms with Crippen molar-refractivity contribution in [3.8, 4) is 0 Å². The number of amides is 1. The fourth-order valence-electron chi connectivity index (χ4n) is 1.76. The van der Waals surface area contributed by atoms with Gasteiger partial charge < -0.3 is 11.1 Å². The summed E-state index contributed by atoms with van der Waals surface area (Å²) < 4.78 is 0. The highest BCUT2D eigenvalue weighted by Crippen LogP contribution is 2.22. The lowest BCUT2D eigenvalue weighted by Gasteiger charge is -2.24. The van der Waals surface area contributed by atoms with Gasteiger partial charge >= 0.3 is 0 Å². The summed E-state index contributed by atoms with van der Waals surface area (Å²) in [7, 11) is 0. The van der Waals surface area contributed by atoms with E-state index in [1.807, 2.05) is 18.3 Å². The smallest absolute Gasteiger partial charge is 0.239 e. The van der Waals surface area contributed by atoms with Crippen LogP contribution < -0.4 is 11.1 Å². The summed E-state index contributed by atoms with van der Waals surface area (Å²) in [6.07, 6.45) is 3.60. The molecule has 0 saturated carbocycles. The van der Waals surface area contributed by atoms with Gasteiger partial charge in [0.25, 0.3) is 0 Å². The summed E-state index contributed by atoms with van der Waals surface area (Å²) in [5, 5.41) is 2.91. The monoisotopic (exact) mass is 321 g/mol. The second-order valence-corrected chi connectivity index (χ2v) is 5.57. The van der Waals surface area contributed by atoms with Crippen LogP contribution in [0.25, 0.3) is 0 Å². The second-order valence-electron chi connectivity index (χ2n) is 5.57. The predicted molar refractivity (Wildman–Crippen MR) is 87.6 cm³/mol. The Balaban J connectivity index is 0. The maximum atomic E-state index is 11.8. The molecule has 116 valence electrons. The SMILES string of the molecule is CC(C)C(CNC(=O)C(C)(C)N)c1cccnc1.Cl.Cl. The zero-order valence-electron chi connectivity index (χ0n) is 12.4. The van der Waals surface area contributed by atoms with Crippen molar-refractivity contribution >= 4 is 30.7 Å². The van der Waals surface area contributed by atoms with Crippen LogP contribution >= 0.6 is 24.8 Å². The highest BCUT2D eigenvalue weighted by Gasteiger charge is 2.24. The van der Waals surface area contributed by atoms with E-state index in [1.165, 1.54) is 0 Å². The molecule has 4 nitrogen and oxygen atoms in total. The van der Waals surface area contributed by atoms with E-state index in [0.717, 1.165) is 5.56 Å². The molecule has 20 heavy (non-hydrogen) atoms. The van der Waals surface area contributed by atoms with Crippen LogP contribution in [0.5, 0.6) is 0 Å². The number of carbonyl (C=O) groups is 1. The number of nitrogens with one attached hydrogen (secondary N) is 1. The fraction of sp³-hybridized carbons (Fsp3) is 0.571. The zero-order chi connectivity index (χ0) is 13.8. The largest absolute Gasteiger partial charge is 0.354 e. The second kappa shape index (κ2) is 9.16. The molecule has 0 aromatic carbocycles. The van der Waals surface area contributed by atoms with Gasteiger partial charge in [-0.25, -0.2) is 0 Å². The van der Waals surface area contributed by atoms with Gasteiger partial charge in [0.1, 0.15) is 0 Å². The van der Waals surface area contributed by atoms with Crippen molar-refractivity contribution in [3.05, 3.63) is 30.1 Å². The first-order chi connectivity index (χ1) is 8.32. The number of hydrogen-bond donors (Lipinski definition) is 2. The molecule has 1 rings (SSSR count). The molecule has 0 spiro atoms. The number of aromatic nitrogens is 1. The van der Waals surface area contributed by atoms with Crippen molar-refractivity contribution in [2.24, 2.45) is 11.7 Å². The normalized spacial score (nSPS) is 12.1. The third kappa shape index (κ3) is 6.55. The molecule has 0 radical (unpaired) electrons. The van der Waals surface area contributed by atoms with Crippen molar-refractivity contribution in [1.29, 1.82) is 0 Å². The number of rotatable bonds is 5. The van der Waals surface area contributed by atoms with Crippen molar-refractivity contribution in [2.75, 3.05) is 6.54 Å². The van der Waals surface area contributed by atoms with Gasteiger partial charge in [-0.05, 0) is 31.4 Å². The minimum Gasteiger partial charge on any atom is -0.354 e. The van der Waals surface area contributed by atoms with E-state index in [9.17, 15) is 4.79 Å². The van der Waals surface area contributed by atoms with Gasteiger partial charge in [-0.2, -0.15) is 0 Å². The van der Waals surface area contributed by atoms with Crippen LogP contribution in [0.3, 0.4) is 0 Å². The quantitative estimate of drug-likeness (QED) is 0.875. The molecule has 1 heterocycles. The maximum absolute atomic E-state index is 11.8. The van der Waals surface area contributed by atoms with Crippen LogP contribution in [-0.2, 0) is 4.79 Å². The third-order valence-corrected chi connectivity index (χ3v) is 2.99. The van der Waals surface area contributed by atoms with Crippen molar-refractivity contribution in [1.82, 2.24) is 10.3 Å². The highest BCUT2D eigenvalue weighted by molar-refractivity contribution is 5.86. The van der Waals surface area contributed by atoms with Gasteiger partial charge in [-0.3, -0.25) is 9.78 Å². The van der Waals surface area contributed by atoms with E-state index >= 15 is 0 Å². The fourth-order valence-corrected chi connectivity index (χ4v) is 1.76. The van der Waals surface area contributed by atoms with Crippen molar-refractivity contribution < 1.29 is 4.79 Å². The van der Waals surface area contributed by atoms with Crippen LogP contribution in [0.4, 0.5) is 0 Å². The third-order valence-electron chi connectivity index (χ3n) is 2.99. The van der Waals surface area contributed by atoms with E-state index in [4.69, 9.17) is 5.73 Å². The molecule has 1 unspecified atom stereocenters. The first-order valence-electron chi connectivity index (χ1n) is 6.29. The molecule has 0 aliphatic carbocycles. The van der Waals surface area contributed by atoms with E-state index in [0.29, 0.717) is 12.5 Å². The van der Waals surface area contributed by atoms with Gasteiger partial charge in [0, 0.05) is 24.9 Å². The lowest BCUT2D eigenvalue weighted by molar-refractivity contribution is -0.125. The molecule has 1 amide bonds. The number of carbonyl (C=O) groups excluding carboxylic acids is 1. The highest BCUT2D eigenvalue weighted by atomic mass is 35.5. The number of nitrogens with two attached hydrogens (primary N) is 1. The predicted octanol–water partition coefficient (Wildman–Crippen LogP) is 2.52. The molecule has 0 saturated heterocycles. The van der Waals surface area contributed by atoms with E-state index in [-0.39, 0.29) is 36.6 Å². The minimum atomic E-state index is -0.837. The first kappa shape index (κ1) is 21.5. The number of nitrogens with zero attached hydrogens (tertiary/aromatic N) is 1. The van der Waals surface area contributed by atoms with Crippen molar-refractivity contribution in [2.45, 2.75) is 39.2 Å². The van der Waals surface area contributed by atoms with E-state index in [2.05, 4.69) is 24.1 Å². The number of hydrogen-bond acceptors (Lipinski definition) is 3. The molecule has 0 fully saturated rings. The van der Waals surface area contributed by atoms with Crippen molar-refractivity contribution in [3.63, 3.8) is 0 Å². The Morgan fingerprint density at radius 1 is 1.40 bits per heavy atom. The van der Waals surface area contributed by atoms with Gasteiger partial charge in [-0.15, -0.1) is 24.8 Å². The van der Waals surface area contributed by atoms with E-state index < -0.39 is 5.54 Å². The van der Waals surface area contributed by atoms with Crippen LogP contribution in [0, 0.1) is 5.92 Å². The summed E-state index contributed by atoms with van der Waals surface area (Å²) >= 11 is 0. The minimum absolute atomic E-state index is 0. The summed E-state index contributed by atoms with van der Waals surface area (Å²) in [5.41, 5.74) is 6.06. The Kier molecular flexibility index (Phi) is 9.83. The molecule has 1 aromatic rings. The van der Waals surface area contributed by atoms with Crippen LogP contribution in [0.2, 0.25) is 0 Å². The Hall–Kier alpha value is -0.840. The van der Waals surface area contributed by atoms with Gasteiger partial charge in [0.2, 0.25) is 5.91 Å². The summed E-state index contributed by atoms with van der Waals surface area (Å²) in [6, 6.07) is 3.96. The van der Waals surface area contributed by atoms with Gasteiger partial charge in [0.15, 0.2) is 0 Å². The lowest BCUT2D eigenvalue weighted by Crippen LogP contribution is -2.50. The van der Waals surface area contributed by atoms with Gasteiger partial charge in [-0.1, -0.05) is 19.9 Å². The Morgan fingerprint density at radius 2 is 2.00 bits per heavy atom. The average molecular weight is 322 g/mol. The Bertz CT molecular complexity index is 391. The summed E-state index contributed by atoms with van der Waals surface area (Å²) in [4.78, 5) is 15.9. The molecule has 1 atom stereocenters. The molecule has 0 aliphatic heterocycles. The molecular formula is C14H25Cl2N3O. The molecule has 1 aromatic heterocycles. The lowest BCUT2D eigenvalue weighted by atomic mass is 9.89. The number of halogens is 2. The Labute approximate surface area is 133 Å².